The van der Waals surface area contributed by atoms with Crippen LogP contribution >= 0.6 is 0 Å². The number of carbonyl (C=O) groups is 1. The number of anilines is 1. The van der Waals surface area contributed by atoms with Crippen molar-refractivity contribution in [3.63, 3.8) is 0 Å². The number of nitrogens with one attached hydrogen (secondary N) is 3. The lowest BCUT2D eigenvalue weighted by molar-refractivity contribution is 0.241. The van der Waals surface area contributed by atoms with Crippen LogP contribution in [0.2, 0.25) is 0 Å². The SMILES string of the molecule is C=CC(N1CCNCC1)S(=O)(=O)c1ccc(NC(=O)NCc2cccnc2)cc1. The summed E-state index contributed by atoms with van der Waals surface area (Å²) in [6, 6.07) is 9.44. The van der Waals surface area contributed by atoms with Gasteiger partial charge in [0.1, 0.15) is 5.37 Å². The summed E-state index contributed by atoms with van der Waals surface area (Å²) in [4.78, 5) is 18.1. The summed E-state index contributed by atoms with van der Waals surface area (Å²) in [7, 11) is -3.60. The molecule has 3 rings (SSSR count). The van der Waals surface area contributed by atoms with E-state index in [0.29, 0.717) is 25.3 Å². The summed E-state index contributed by atoms with van der Waals surface area (Å²) in [6.07, 6.45) is 4.81. The van der Waals surface area contributed by atoms with E-state index in [0.717, 1.165) is 18.7 Å². The quantitative estimate of drug-likeness (QED) is 0.594. The van der Waals surface area contributed by atoms with Crippen LogP contribution in [0.25, 0.3) is 0 Å². The van der Waals surface area contributed by atoms with Gasteiger partial charge in [-0.05, 0) is 35.9 Å². The molecule has 2 aromatic rings. The molecule has 0 bridgehead atoms. The molecule has 1 aromatic heterocycles. The molecule has 1 saturated heterocycles. The minimum Gasteiger partial charge on any atom is -0.334 e. The molecule has 1 aromatic carbocycles. The number of sulfone groups is 1. The second-order valence-corrected chi connectivity index (χ2v) is 8.69. The number of urea groups is 1. The molecule has 1 fully saturated rings. The number of piperazine rings is 1. The van der Waals surface area contributed by atoms with Crippen molar-refractivity contribution < 1.29 is 13.2 Å². The summed E-state index contributed by atoms with van der Waals surface area (Å²) < 4.78 is 26.0. The molecule has 0 saturated carbocycles. The van der Waals surface area contributed by atoms with Crippen LogP contribution in [-0.4, -0.2) is 55.9 Å². The van der Waals surface area contributed by atoms with Crippen LogP contribution < -0.4 is 16.0 Å². The van der Waals surface area contributed by atoms with Crippen molar-refractivity contribution in [3.8, 4) is 0 Å². The maximum absolute atomic E-state index is 13.0. The van der Waals surface area contributed by atoms with Gasteiger partial charge in [0.15, 0.2) is 9.84 Å². The molecule has 9 heteroatoms. The average molecular weight is 416 g/mol. The number of carbonyl (C=O) groups excluding carboxylic acids is 1. The number of hydrogen-bond acceptors (Lipinski definition) is 6. The second-order valence-electron chi connectivity index (χ2n) is 6.65. The number of amides is 2. The molecule has 2 amide bonds. The van der Waals surface area contributed by atoms with Gasteiger partial charge < -0.3 is 16.0 Å². The monoisotopic (exact) mass is 415 g/mol. The first-order valence-electron chi connectivity index (χ1n) is 9.36. The predicted molar refractivity (Wildman–Crippen MR) is 112 cm³/mol. The van der Waals surface area contributed by atoms with Gasteiger partial charge >= 0.3 is 6.03 Å². The van der Waals surface area contributed by atoms with Gasteiger partial charge in [0, 0.05) is 50.8 Å². The highest BCUT2D eigenvalue weighted by molar-refractivity contribution is 7.92. The molecule has 0 radical (unpaired) electrons. The van der Waals surface area contributed by atoms with Gasteiger partial charge in [-0.25, -0.2) is 13.2 Å². The zero-order valence-corrected chi connectivity index (χ0v) is 16.9. The summed E-state index contributed by atoms with van der Waals surface area (Å²) in [5.41, 5.74) is 1.39. The third-order valence-electron chi connectivity index (χ3n) is 4.65. The fourth-order valence-electron chi connectivity index (χ4n) is 3.14. The minimum atomic E-state index is -3.60. The molecule has 1 atom stereocenters. The Morgan fingerprint density at radius 2 is 1.97 bits per heavy atom. The topological polar surface area (TPSA) is 103 Å². The molecule has 1 unspecified atom stereocenters. The summed E-state index contributed by atoms with van der Waals surface area (Å²) in [5, 5.41) is 7.86. The van der Waals surface area contributed by atoms with E-state index in [-0.39, 0.29) is 10.9 Å². The zero-order valence-electron chi connectivity index (χ0n) is 16.0. The van der Waals surface area contributed by atoms with E-state index >= 15 is 0 Å². The molecule has 0 aliphatic carbocycles. The lowest BCUT2D eigenvalue weighted by Gasteiger charge is -2.32. The van der Waals surface area contributed by atoms with Crippen LogP contribution in [0.3, 0.4) is 0 Å². The van der Waals surface area contributed by atoms with Crippen molar-refractivity contribution in [2.45, 2.75) is 16.8 Å². The molecule has 1 aliphatic heterocycles. The van der Waals surface area contributed by atoms with E-state index in [9.17, 15) is 13.2 Å². The predicted octanol–water partition coefficient (Wildman–Crippen LogP) is 1.59. The van der Waals surface area contributed by atoms with Crippen LogP contribution in [0, 0.1) is 0 Å². The molecule has 0 spiro atoms. The highest BCUT2D eigenvalue weighted by Gasteiger charge is 2.31. The Kier molecular flexibility index (Phi) is 6.97. The van der Waals surface area contributed by atoms with E-state index < -0.39 is 15.2 Å². The Labute approximate surface area is 170 Å². The van der Waals surface area contributed by atoms with Crippen molar-refractivity contribution >= 4 is 21.6 Å². The van der Waals surface area contributed by atoms with Gasteiger partial charge in [0.25, 0.3) is 0 Å². The van der Waals surface area contributed by atoms with Crippen LogP contribution in [-0.2, 0) is 16.4 Å². The minimum absolute atomic E-state index is 0.197. The fraction of sp³-hybridized carbons (Fsp3) is 0.300. The first-order chi connectivity index (χ1) is 14.0. The summed E-state index contributed by atoms with van der Waals surface area (Å²) >= 11 is 0. The third kappa shape index (κ3) is 5.41. The number of aromatic nitrogens is 1. The molecule has 1 aliphatic rings. The Morgan fingerprint density at radius 1 is 1.24 bits per heavy atom. The van der Waals surface area contributed by atoms with Crippen molar-refractivity contribution in [1.82, 2.24) is 20.5 Å². The lowest BCUT2D eigenvalue weighted by Crippen LogP contribution is -2.50. The maximum Gasteiger partial charge on any atom is 0.319 e. The normalized spacial score (nSPS) is 16.0. The third-order valence-corrected chi connectivity index (χ3v) is 6.70. The van der Waals surface area contributed by atoms with E-state index in [2.05, 4.69) is 27.5 Å². The Morgan fingerprint density at radius 3 is 2.59 bits per heavy atom. The summed E-state index contributed by atoms with van der Waals surface area (Å²) in [5.74, 6) is 0. The van der Waals surface area contributed by atoms with Crippen molar-refractivity contribution in [2.24, 2.45) is 0 Å². The van der Waals surface area contributed by atoms with Crippen LogP contribution in [0.1, 0.15) is 5.56 Å². The van der Waals surface area contributed by atoms with Gasteiger partial charge in [-0.15, -0.1) is 6.58 Å². The van der Waals surface area contributed by atoms with Gasteiger partial charge in [0.05, 0.1) is 4.90 Å². The molecular weight excluding hydrogens is 390 g/mol. The van der Waals surface area contributed by atoms with Crippen molar-refractivity contribution in [3.05, 3.63) is 67.0 Å². The van der Waals surface area contributed by atoms with Gasteiger partial charge in [0.2, 0.25) is 0 Å². The average Bonchev–Trinajstić information content (AvgIpc) is 2.74. The zero-order chi connectivity index (χ0) is 20.7. The van der Waals surface area contributed by atoms with Crippen LogP contribution in [0.4, 0.5) is 10.5 Å². The highest BCUT2D eigenvalue weighted by atomic mass is 32.2. The number of rotatable bonds is 7. The standard InChI is InChI=1S/C20H25N5O3S/c1-2-19(25-12-10-21-11-13-25)29(27,28)18-7-5-17(6-8-18)24-20(26)23-15-16-4-3-9-22-14-16/h2-9,14,19,21H,1,10-13,15H2,(H2,23,24,26). The lowest BCUT2D eigenvalue weighted by atomic mass is 10.3. The Balaban J connectivity index is 1.62. The number of pyridine rings is 1. The largest absolute Gasteiger partial charge is 0.334 e. The van der Waals surface area contributed by atoms with Crippen LogP contribution in [0.15, 0.2) is 66.3 Å². The molecule has 29 heavy (non-hydrogen) atoms. The number of nitrogens with zero attached hydrogens (tertiary/aromatic N) is 2. The smallest absolute Gasteiger partial charge is 0.319 e. The Hall–Kier alpha value is -2.75. The summed E-state index contributed by atoms with van der Waals surface area (Å²) in [6.45, 7) is 6.85. The molecular formula is C20H25N5O3S. The first kappa shape index (κ1) is 21.0. The van der Waals surface area contributed by atoms with E-state index in [1.807, 2.05) is 11.0 Å². The van der Waals surface area contributed by atoms with Gasteiger partial charge in [-0.3, -0.25) is 9.88 Å². The maximum atomic E-state index is 13.0. The molecule has 2 heterocycles. The molecule has 3 N–H and O–H groups in total. The number of hydrogen-bond donors (Lipinski definition) is 3. The van der Waals surface area contributed by atoms with Crippen molar-refractivity contribution in [1.29, 1.82) is 0 Å². The van der Waals surface area contributed by atoms with Crippen molar-refractivity contribution in [2.75, 3.05) is 31.5 Å². The van der Waals surface area contributed by atoms with E-state index in [4.69, 9.17) is 0 Å². The molecule has 8 nitrogen and oxygen atoms in total. The van der Waals surface area contributed by atoms with E-state index in [1.165, 1.54) is 18.2 Å². The second kappa shape index (κ2) is 9.64. The first-order valence-corrected chi connectivity index (χ1v) is 10.9. The molecule has 154 valence electrons. The number of benzene rings is 1. The van der Waals surface area contributed by atoms with E-state index in [1.54, 1.807) is 30.6 Å². The fourth-order valence-corrected chi connectivity index (χ4v) is 4.79. The highest BCUT2D eigenvalue weighted by Crippen LogP contribution is 2.22. The Bertz CT molecular complexity index is 926. The van der Waals surface area contributed by atoms with Crippen LogP contribution in [0.5, 0.6) is 0 Å². The van der Waals surface area contributed by atoms with Gasteiger partial charge in [-0.2, -0.15) is 0 Å². The van der Waals surface area contributed by atoms with Gasteiger partial charge in [-0.1, -0.05) is 12.1 Å².